The number of hydrogen-bond donors (Lipinski definition) is 2. The van der Waals surface area contributed by atoms with Crippen LogP contribution in [0.2, 0.25) is 0 Å². The molecule has 2 aromatic rings. The number of aromatic nitrogens is 5. The van der Waals surface area contributed by atoms with Crippen molar-refractivity contribution in [2.24, 2.45) is 5.92 Å². The maximum absolute atomic E-state index is 5.80. The molecule has 0 unspecified atom stereocenters. The van der Waals surface area contributed by atoms with Gasteiger partial charge in [-0.1, -0.05) is 13.8 Å². The van der Waals surface area contributed by atoms with Crippen LogP contribution in [0.1, 0.15) is 19.5 Å². The highest BCUT2D eigenvalue weighted by Crippen LogP contribution is 2.11. The second-order valence-corrected chi connectivity index (χ2v) is 4.51. The molecule has 0 saturated carbocycles. The predicted molar refractivity (Wildman–Crippen MR) is 69.4 cm³/mol. The normalized spacial score (nSPS) is 10.9. The highest BCUT2D eigenvalue weighted by molar-refractivity contribution is 5.37. The third kappa shape index (κ3) is 2.73. The van der Waals surface area contributed by atoms with Crippen LogP contribution in [-0.2, 0) is 0 Å². The standard InChI is InChI=1S/C11H17N7/c1-7(2)6-13-11-14-10(12)18(17-11)9-5-4-8(3)15-16-9/h4-5,7H,6H2,1-3H3,(H3,12,13,14,17). The smallest absolute Gasteiger partial charge is 0.244 e. The molecule has 18 heavy (non-hydrogen) atoms. The second kappa shape index (κ2) is 4.99. The monoisotopic (exact) mass is 247 g/mol. The third-order valence-corrected chi connectivity index (χ3v) is 2.30. The lowest BCUT2D eigenvalue weighted by molar-refractivity contribution is 0.683. The number of nitrogens with one attached hydrogen (secondary N) is 1. The maximum atomic E-state index is 5.80. The highest BCUT2D eigenvalue weighted by atomic mass is 15.4. The average Bonchev–Trinajstić information content (AvgIpc) is 2.69. The Kier molecular flexibility index (Phi) is 3.40. The minimum absolute atomic E-state index is 0.291. The number of rotatable bonds is 4. The molecule has 7 nitrogen and oxygen atoms in total. The minimum Gasteiger partial charge on any atom is -0.368 e. The molecule has 7 heteroatoms. The topological polar surface area (TPSA) is 94.5 Å². The first kappa shape index (κ1) is 12.3. The second-order valence-electron chi connectivity index (χ2n) is 4.51. The lowest BCUT2D eigenvalue weighted by Crippen LogP contribution is -2.09. The molecule has 0 aliphatic carbocycles. The molecule has 2 rings (SSSR count). The van der Waals surface area contributed by atoms with Gasteiger partial charge in [0.1, 0.15) is 0 Å². The fraction of sp³-hybridized carbons (Fsp3) is 0.455. The van der Waals surface area contributed by atoms with Crippen molar-refractivity contribution in [3.63, 3.8) is 0 Å². The molecule has 2 heterocycles. The lowest BCUT2D eigenvalue weighted by atomic mass is 10.2. The van der Waals surface area contributed by atoms with E-state index in [1.807, 2.05) is 13.0 Å². The number of nitrogens with two attached hydrogens (primary N) is 1. The predicted octanol–water partition coefficient (Wildman–Crippen LogP) is 1.02. The van der Waals surface area contributed by atoms with Crippen molar-refractivity contribution in [3.05, 3.63) is 17.8 Å². The van der Waals surface area contributed by atoms with Gasteiger partial charge in [0.05, 0.1) is 5.69 Å². The molecular weight excluding hydrogens is 230 g/mol. The molecule has 0 atom stereocenters. The first-order chi connectivity index (χ1) is 8.56. The fourth-order valence-corrected chi connectivity index (χ4v) is 1.37. The van der Waals surface area contributed by atoms with E-state index in [1.165, 1.54) is 4.68 Å². The molecule has 0 bridgehead atoms. The van der Waals surface area contributed by atoms with Gasteiger partial charge in [0.25, 0.3) is 0 Å². The van der Waals surface area contributed by atoms with Crippen LogP contribution in [-0.4, -0.2) is 31.5 Å². The van der Waals surface area contributed by atoms with Gasteiger partial charge < -0.3 is 11.1 Å². The molecule has 3 N–H and O–H groups in total. The Balaban J connectivity index is 2.21. The lowest BCUT2D eigenvalue weighted by Gasteiger charge is -2.03. The quantitative estimate of drug-likeness (QED) is 0.837. The summed E-state index contributed by atoms with van der Waals surface area (Å²) >= 11 is 0. The van der Waals surface area contributed by atoms with Gasteiger partial charge in [0.2, 0.25) is 11.9 Å². The van der Waals surface area contributed by atoms with E-state index in [0.29, 0.717) is 23.6 Å². The number of hydrogen-bond acceptors (Lipinski definition) is 6. The molecular formula is C11H17N7. The molecule has 0 fully saturated rings. The Bertz CT molecular complexity index is 515. The molecule has 0 spiro atoms. The van der Waals surface area contributed by atoms with Gasteiger partial charge in [-0.05, 0) is 25.0 Å². The highest BCUT2D eigenvalue weighted by Gasteiger charge is 2.10. The number of nitrogens with zero attached hydrogens (tertiary/aromatic N) is 5. The van der Waals surface area contributed by atoms with Gasteiger partial charge in [-0.3, -0.25) is 0 Å². The van der Waals surface area contributed by atoms with E-state index in [-0.39, 0.29) is 0 Å². The SMILES string of the molecule is Cc1ccc(-n2nc(NCC(C)C)nc2N)nn1. The number of nitrogen functional groups attached to an aromatic ring is 1. The van der Waals surface area contributed by atoms with Crippen LogP contribution in [0.25, 0.3) is 5.82 Å². The van der Waals surface area contributed by atoms with Crippen molar-refractivity contribution in [3.8, 4) is 5.82 Å². The number of aryl methyl sites for hydroxylation is 1. The van der Waals surface area contributed by atoms with Crippen molar-refractivity contribution < 1.29 is 0 Å². The van der Waals surface area contributed by atoms with Crippen molar-refractivity contribution >= 4 is 11.9 Å². The molecule has 0 aliphatic rings. The van der Waals surface area contributed by atoms with Gasteiger partial charge >= 0.3 is 0 Å². The van der Waals surface area contributed by atoms with E-state index in [4.69, 9.17) is 5.73 Å². The summed E-state index contributed by atoms with van der Waals surface area (Å²) in [6.45, 7) is 6.89. The zero-order valence-corrected chi connectivity index (χ0v) is 10.8. The molecule has 0 aliphatic heterocycles. The van der Waals surface area contributed by atoms with Crippen molar-refractivity contribution in [1.82, 2.24) is 25.0 Å². The summed E-state index contributed by atoms with van der Waals surface area (Å²) in [4.78, 5) is 4.13. The van der Waals surface area contributed by atoms with Crippen LogP contribution in [0.15, 0.2) is 12.1 Å². The van der Waals surface area contributed by atoms with Crippen molar-refractivity contribution in [1.29, 1.82) is 0 Å². The fourth-order valence-electron chi connectivity index (χ4n) is 1.37. The van der Waals surface area contributed by atoms with E-state index >= 15 is 0 Å². The van der Waals surface area contributed by atoms with Crippen LogP contribution in [0.5, 0.6) is 0 Å². The van der Waals surface area contributed by atoms with Crippen LogP contribution in [0.3, 0.4) is 0 Å². The summed E-state index contributed by atoms with van der Waals surface area (Å²) in [6.07, 6.45) is 0. The molecule has 2 aromatic heterocycles. The summed E-state index contributed by atoms with van der Waals surface area (Å²) < 4.78 is 1.47. The Labute approximate surface area is 105 Å². The first-order valence-corrected chi connectivity index (χ1v) is 5.83. The van der Waals surface area contributed by atoms with Gasteiger partial charge in [0.15, 0.2) is 5.82 Å². The van der Waals surface area contributed by atoms with E-state index in [1.54, 1.807) is 6.07 Å². The molecule has 0 radical (unpaired) electrons. The summed E-state index contributed by atoms with van der Waals surface area (Å²) in [5, 5.41) is 15.3. The molecule has 96 valence electrons. The van der Waals surface area contributed by atoms with Gasteiger partial charge in [-0.15, -0.1) is 10.2 Å². The van der Waals surface area contributed by atoms with Gasteiger partial charge in [0, 0.05) is 6.54 Å². The van der Waals surface area contributed by atoms with E-state index in [2.05, 4.69) is 39.4 Å². The van der Waals surface area contributed by atoms with Crippen LogP contribution in [0, 0.1) is 12.8 Å². The van der Waals surface area contributed by atoms with Gasteiger partial charge in [-0.25, -0.2) is 0 Å². The molecule has 0 saturated heterocycles. The van der Waals surface area contributed by atoms with E-state index < -0.39 is 0 Å². The van der Waals surface area contributed by atoms with Crippen LogP contribution < -0.4 is 11.1 Å². The maximum Gasteiger partial charge on any atom is 0.244 e. The van der Waals surface area contributed by atoms with Crippen LogP contribution in [0.4, 0.5) is 11.9 Å². The summed E-state index contributed by atoms with van der Waals surface area (Å²) in [5.74, 6) is 1.86. The van der Waals surface area contributed by atoms with E-state index in [0.717, 1.165) is 12.2 Å². The first-order valence-electron chi connectivity index (χ1n) is 5.83. The Morgan fingerprint density at radius 1 is 1.33 bits per heavy atom. The average molecular weight is 247 g/mol. The van der Waals surface area contributed by atoms with Crippen LogP contribution >= 0.6 is 0 Å². The number of anilines is 2. The Hall–Kier alpha value is -2.18. The van der Waals surface area contributed by atoms with Gasteiger partial charge in [-0.2, -0.15) is 14.8 Å². The summed E-state index contributed by atoms with van der Waals surface area (Å²) in [7, 11) is 0. The minimum atomic E-state index is 0.291. The third-order valence-electron chi connectivity index (χ3n) is 2.30. The zero-order valence-electron chi connectivity index (χ0n) is 10.8. The zero-order chi connectivity index (χ0) is 13.1. The Morgan fingerprint density at radius 3 is 2.72 bits per heavy atom. The molecule has 0 amide bonds. The summed E-state index contributed by atoms with van der Waals surface area (Å²) in [5.41, 5.74) is 6.64. The Morgan fingerprint density at radius 2 is 2.11 bits per heavy atom. The van der Waals surface area contributed by atoms with Crippen molar-refractivity contribution in [2.45, 2.75) is 20.8 Å². The summed E-state index contributed by atoms with van der Waals surface area (Å²) in [6, 6.07) is 3.66. The largest absolute Gasteiger partial charge is 0.368 e. The van der Waals surface area contributed by atoms with Crippen molar-refractivity contribution in [2.75, 3.05) is 17.6 Å². The van der Waals surface area contributed by atoms with E-state index in [9.17, 15) is 0 Å². The molecule has 0 aromatic carbocycles.